The average Bonchev–Trinajstić information content (AvgIpc) is 2.85. The maximum absolute atomic E-state index is 10.6. The van der Waals surface area contributed by atoms with Gasteiger partial charge in [-0.25, -0.2) is 4.79 Å². The molecule has 100 valence electrons. The van der Waals surface area contributed by atoms with Crippen LogP contribution in [0.1, 0.15) is 29.8 Å². The van der Waals surface area contributed by atoms with Gasteiger partial charge in [-0.15, -0.1) is 5.10 Å². The maximum Gasteiger partial charge on any atom is 0.358 e. The molecular formula is C11H18N4O3. The van der Waals surface area contributed by atoms with E-state index in [0.717, 1.165) is 32.5 Å². The number of carbonyl (C=O) groups is 1. The van der Waals surface area contributed by atoms with E-state index in [2.05, 4.69) is 15.6 Å². The van der Waals surface area contributed by atoms with E-state index in [9.17, 15) is 4.79 Å². The number of rotatable bonds is 6. The quantitative estimate of drug-likeness (QED) is 0.702. The minimum absolute atomic E-state index is 0.0226. The highest BCUT2D eigenvalue weighted by atomic mass is 16.5. The molecule has 0 radical (unpaired) electrons. The molecule has 1 unspecified atom stereocenters. The lowest BCUT2D eigenvalue weighted by Gasteiger charge is -2.22. The predicted octanol–water partition coefficient (Wildman–Crippen LogP) is 0.135. The molecule has 1 fully saturated rings. The van der Waals surface area contributed by atoms with E-state index >= 15 is 0 Å². The molecule has 18 heavy (non-hydrogen) atoms. The molecule has 2 N–H and O–H groups in total. The van der Waals surface area contributed by atoms with Crippen LogP contribution in [0.5, 0.6) is 0 Å². The van der Waals surface area contributed by atoms with Gasteiger partial charge >= 0.3 is 5.97 Å². The lowest BCUT2D eigenvalue weighted by molar-refractivity contribution is 0.0169. The molecule has 1 aromatic rings. The van der Waals surface area contributed by atoms with E-state index < -0.39 is 5.97 Å². The predicted molar refractivity (Wildman–Crippen MR) is 63.4 cm³/mol. The Bertz CT molecular complexity index is 387. The summed E-state index contributed by atoms with van der Waals surface area (Å²) in [7, 11) is 0. The summed E-state index contributed by atoms with van der Waals surface area (Å²) in [4.78, 5) is 10.6. The van der Waals surface area contributed by atoms with Crippen LogP contribution in [-0.4, -0.2) is 51.9 Å². The zero-order valence-electron chi connectivity index (χ0n) is 10.2. The van der Waals surface area contributed by atoms with Crippen LogP contribution in [0.2, 0.25) is 0 Å². The highest BCUT2D eigenvalue weighted by Gasteiger charge is 2.13. The molecular weight excluding hydrogens is 236 g/mol. The van der Waals surface area contributed by atoms with Crippen molar-refractivity contribution in [2.24, 2.45) is 0 Å². The van der Waals surface area contributed by atoms with Crippen molar-refractivity contribution in [2.45, 2.75) is 31.9 Å². The molecule has 2 heterocycles. The van der Waals surface area contributed by atoms with Gasteiger partial charge in [-0.2, -0.15) is 0 Å². The summed E-state index contributed by atoms with van der Waals surface area (Å²) in [5, 5.41) is 19.3. The Labute approximate surface area is 105 Å². The van der Waals surface area contributed by atoms with Gasteiger partial charge < -0.3 is 15.2 Å². The lowest BCUT2D eigenvalue weighted by Crippen LogP contribution is -2.33. The monoisotopic (exact) mass is 254 g/mol. The molecule has 1 aliphatic heterocycles. The van der Waals surface area contributed by atoms with Gasteiger partial charge in [-0.05, 0) is 19.3 Å². The number of aromatic carboxylic acids is 1. The van der Waals surface area contributed by atoms with Gasteiger partial charge in [-0.1, -0.05) is 5.21 Å². The lowest BCUT2D eigenvalue weighted by atomic mass is 10.1. The Kier molecular flexibility index (Phi) is 4.66. The summed E-state index contributed by atoms with van der Waals surface area (Å²) in [6, 6.07) is 0. The van der Waals surface area contributed by atoms with Crippen LogP contribution in [0.3, 0.4) is 0 Å². The first kappa shape index (κ1) is 13.0. The zero-order valence-corrected chi connectivity index (χ0v) is 10.2. The van der Waals surface area contributed by atoms with Crippen LogP contribution in [-0.2, 0) is 11.3 Å². The molecule has 1 aromatic heterocycles. The standard InChI is InChI=1S/C11H18N4O3/c16-11(17)10-8-15(14-13-10)5-4-12-7-9-3-1-2-6-18-9/h8-9,12H,1-7H2,(H,16,17). The smallest absolute Gasteiger partial charge is 0.358 e. The molecule has 2 rings (SSSR count). The summed E-state index contributed by atoms with van der Waals surface area (Å²) in [5.74, 6) is -1.05. The fourth-order valence-corrected chi connectivity index (χ4v) is 1.93. The SMILES string of the molecule is O=C(O)c1cn(CCNCC2CCCCO2)nn1. The summed E-state index contributed by atoms with van der Waals surface area (Å²) in [5.41, 5.74) is -0.0226. The Morgan fingerprint density at radius 1 is 1.61 bits per heavy atom. The second-order valence-corrected chi connectivity index (χ2v) is 4.36. The van der Waals surface area contributed by atoms with Crippen molar-refractivity contribution in [1.82, 2.24) is 20.3 Å². The van der Waals surface area contributed by atoms with Crippen molar-refractivity contribution in [3.8, 4) is 0 Å². The highest BCUT2D eigenvalue weighted by molar-refractivity contribution is 5.84. The number of nitrogens with one attached hydrogen (secondary N) is 1. The van der Waals surface area contributed by atoms with Gasteiger partial charge in [0.1, 0.15) is 0 Å². The Hall–Kier alpha value is -1.47. The third-order valence-electron chi connectivity index (χ3n) is 2.92. The molecule has 1 atom stereocenters. The molecule has 0 aliphatic carbocycles. The van der Waals surface area contributed by atoms with Crippen LogP contribution in [0.25, 0.3) is 0 Å². The minimum atomic E-state index is -1.05. The van der Waals surface area contributed by atoms with Gasteiger partial charge in [0.05, 0.1) is 18.8 Å². The van der Waals surface area contributed by atoms with Gasteiger partial charge in [0.15, 0.2) is 5.69 Å². The molecule has 0 amide bonds. The first-order valence-corrected chi connectivity index (χ1v) is 6.21. The largest absolute Gasteiger partial charge is 0.476 e. The number of ether oxygens (including phenoxy) is 1. The van der Waals surface area contributed by atoms with Crippen LogP contribution >= 0.6 is 0 Å². The number of aromatic nitrogens is 3. The third kappa shape index (κ3) is 3.78. The van der Waals surface area contributed by atoms with Crippen molar-refractivity contribution in [3.63, 3.8) is 0 Å². The molecule has 1 saturated heterocycles. The summed E-state index contributed by atoms with van der Waals surface area (Å²) >= 11 is 0. The Balaban J connectivity index is 1.63. The van der Waals surface area contributed by atoms with Crippen molar-refractivity contribution < 1.29 is 14.6 Å². The van der Waals surface area contributed by atoms with Crippen molar-refractivity contribution >= 4 is 5.97 Å². The first-order valence-electron chi connectivity index (χ1n) is 6.21. The molecule has 7 heteroatoms. The molecule has 1 aliphatic rings. The fraction of sp³-hybridized carbons (Fsp3) is 0.727. The highest BCUT2D eigenvalue weighted by Crippen LogP contribution is 2.11. The third-order valence-corrected chi connectivity index (χ3v) is 2.92. The second kappa shape index (κ2) is 6.46. The van der Waals surface area contributed by atoms with E-state index in [0.29, 0.717) is 12.6 Å². The Morgan fingerprint density at radius 3 is 3.17 bits per heavy atom. The van der Waals surface area contributed by atoms with Crippen molar-refractivity contribution in [2.75, 3.05) is 19.7 Å². The van der Waals surface area contributed by atoms with E-state index in [4.69, 9.17) is 9.84 Å². The minimum Gasteiger partial charge on any atom is -0.476 e. The number of hydrogen-bond acceptors (Lipinski definition) is 5. The van der Waals surface area contributed by atoms with E-state index in [1.165, 1.54) is 17.3 Å². The van der Waals surface area contributed by atoms with E-state index in [-0.39, 0.29) is 5.69 Å². The van der Waals surface area contributed by atoms with E-state index in [1.54, 1.807) is 0 Å². The van der Waals surface area contributed by atoms with E-state index in [1.807, 2.05) is 0 Å². The summed E-state index contributed by atoms with van der Waals surface area (Å²) < 4.78 is 7.12. The number of nitrogens with zero attached hydrogens (tertiary/aromatic N) is 3. The van der Waals surface area contributed by atoms with Gasteiger partial charge in [0.25, 0.3) is 0 Å². The zero-order chi connectivity index (χ0) is 12.8. The summed E-state index contributed by atoms with van der Waals surface area (Å²) in [6.45, 7) is 3.02. The molecule has 0 saturated carbocycles. The molecule has 7 nitrogen and oxygen atoms in total. The van der Waals surface area contributed by atoms with Gasteiger partial charge in [-0.3, -0.25) is 4.68 Å². The van der Waals surface area contributed by atoms with Gasteiger partial charge in [0.2, 0.25) is 0 Å². The van der Waals surface area contributed by atoms with Crippen LogP contribution in [0.4, 0.5) is 0 Å². The second-order valence-electron chi connectivity index (χ2n) is 4.36. The number of carboxylic acid groups (broad SMARTS) is 1. The molecule has 0 bridgehead atoms. The molecule has 0 spiro atoms. The van der Waals surface area contributed by atoms with Crippen LogP contribution in [0.15, 0.2) is 6.20 Å². The topological polar surface area (TPSA) is 89.3 Å². The average molecular weight is 254 g/mol. The number of carboxylic acids is 1. The Morgan fingerprint density at radius 2 is 2.50 bits per heavy atom. The fourth-order valence-electron chi connectivity index (χ4n) is 1.93. The van der Waals surface area contributed by atoms with Crippen molar-refractivity contribution in [1.29, 1.82) is 0 Å². The normalized spacial score (nSPS) is 19.9. The summed E-state index contributed by atoms with van der Waals surface area (Å²) in [6.07, 6.45) is 5.25. The van der Waals surface area contributed by atoms with Crippen LogP contribution < -0.4 is 5.32 Å². The van der Waals surface area contributed by atoms with Crippen LogP contribution in [0, 0.1) is 0 Å². The first-order chi connectivity index (χ1) is 8.75. The van der Waals surface area contributed by atoms with Crippen molar-refractivity contribution in [3.05, 3.63) is 11.9 Å². The van der Waals surface area contributed by atoms with Gasteiger partial charge in [0, 0.05) is 19.7 Å². The maximum atomic E-state index is 10.6. The number of hydrogen-bond donors (Lipinski definition) is 2. The molecule has 0 aromatic carbocycles.